The van der Waals surface area contributed by atoms with E-state index in [-0.39, 0.29) is 11.2 Å². The van der Waals surface area contributed by atoms with E-state index in [0.717, 1.165) is 22.6 Å². The number of sulfonamides is 1. The molecule has 1 aromatic rings. The normalized spacial score (nSPS) is 25.1. The summed E-state index contributed by atoms with van der Waals surface area (Å²) in [5, 5.41) is 17.4. The minimum Gasteiger partial charge on any atom is -0.343 e. The van der Waals surface area contributed by atoms with Gasteiger partial charge in [-0.15, -0.1) is 11.8 Å². The van der Waals surface area contributed by atoms with Gasteiger partial charge in [-0.05, 0) is 35.6 Å². The molecule has 0 aromatic heterocycles. The molecule has 3 unspecified atom stereocenters. The van der Waals surface area contributed by atoms with E-state index in [1.807, 2.05) is 24.3 Å². The highest BCUT2D eigenvalue weighted by molar-refractivity contribution is 8.02. The van der Waals surface area contributed by atoms with Gasteiger partial charge in [-0.3, -0.25) is 5.43 Å². The number of rotatable bonds is 4. The summed E-state index contributed by atoms with van der Waals surface area (Å²) in [6.07, 6.45) is 7.72. The van der Waals surface area contributed by atoms with Crippen LogP contribution in [-0.4, -0.2) is 32.1 Å². The van der Waals surface area contributed by atoms with Crippen LogP contribution in [0, 0.1) is 5.92 Å². The van der Waals surface area contributed by atoms with E-state index in [9.17, 15) is 8.42 Å². The number of benzene rings is 1. The molecule has 4 rings (SSSR count). The third-order valence-corrected chi connectivity index (χ3v) is 7.37. The maximum absolute atomic E-state index is 11.7. The highest BCUT2D eigenvalue weighted by Gasteiger charge is 2.35. The second-order valence-corrected chi connectivity index (χ2v) is 9.78. The first-order valence-electron chi connectivity index (χ1n) is 9.12. The van der Waals surface area contributed by atoms with E-state index in [0.29, 0.717) is 18.0 Å². The van der Waals surface area contributed by atoms with Gasteiger partial charge in [0.25, 0.3) is 0 Å². The molecule has 3 aliphatic rings. The predicted molar refractivity (Wildman–Crippen MR) is 122 cm³/mol. The third-order valence-electron chi connectivity index (χ3n) is 5.04. The number of primary sulfonamides is 1. The third kappa shape index (κ3) is 3.91. The van der Waals surface area contributed by atoms with E-state index in [2.05, 4.69) is 39.1 Å². The van der Waals surface area contributed by atoms with Crippen molar-refractivity contribution >= 4 is 45.9 Å². The maximum atomic E-state index is 11.7. The van der Waals surface area contributed by atoms with Crippen molar-refractivity contribution in [2.45, 2.75) is 16.9 Å². The monoisotopic (exact) mass is 443 g/mol. The second-order valence-electron chi connectivity index (χ2n) is 6.94. The number of nitrogens with zero attached hydrogens (tertiary/aromatic N) is 3. The Bertz CT molecular complexity index is 1140. The molecular formula is C19H21N7O2S2. The Kier molecular flexibility index (Phi) is 5.50. The molecule has 0 fully saturated rings. The summed E-state index contributed by atoms with van der Waals surface area (Å²) in [5.41, 5.74) is 5.93. The standard InChI is InChI=1S/C19H21N7O2S2/c1-22-26-18(25-20)11-5-6-14-16(9-11)24-19(15-7-8-29-17(14)15)23-12-3-2-4-13(10-12)30(21,27)28/h2-3,5-10,13,15,17H,1,4,20H2,(H,23,24)(H,25,26)(H2,21,27,28). The number of hydrazone groups is 2. The number of thioether (sulfide) groups is 1. The predicted octanol–water partition coefficient (Wildman–Crippen LogP) is 1.56. The van der Waals surface area contributed by atoms with Gasteiger partial charge >= 0.3 is 0 Å². The van der Waals surface area contributed by atoms with Gasteiger partial charge in [0.1, 0.15) is 5.84 Å². The van der Waals surface area contributed by atoms with Crippen molar-refractivity contribution in [1.82, 2.24) is 10.7 Å². The van der Waals surface area contributed by atoms with Crippen LogP contribution in [-0.2, 0) is 10.0 Å². The zero-order valence-corrected chi connectivity index (χ0v) is 17.5. The molecule has 2 heterocycles. The minimum absolute atomic E-state index is 0.0492. The molecule has 0 bridgehead atoms. The van der Waals surface area contributed by atoms with Crippen molar-refractivity contribution in [3.05, 3.63) is 64.7 Å². The van der Waals surface area contributed by atoms with Crippen LogP contribution in [0.2, 0.25) is 0 Å². The van der Waals surface area contributed by atoms with Gasteiger partial charge in [-0.2, -0.15) is 10.2 Å². The summed E-state index contributed by atoms with van der Waals surface area (Å²) >= 11 is 1.72. The van der Waals surface area contributed by atoms with Crippen LogP contribution in [0.15, 0.2) is 68.8 Å². The quantitative estimate of drug-likeness (QED) is 0.240. The summed E-state index contributed by atoms with van der Waals surface area (Å²) in [6, 6.07) is 5.80. The Labute approximate surface area is 178 Å². The number of hydrogen-bond acceptors (Lipinski definition) is 8. The first-order valence-corrected chi connectivity index (χ1v) is 11.7. The summed E-state index contributed by atoms with van der Waals surface area (Å²) in [5.74, 6) is 6.62. The molecule has 0 amide bonds. The topological polar surface area (TPSA) is 147 Å². The van der Waals surface area contributed by atoms with Gasteiger partial charge < -0.3 is 11.2 Å². The number of amidine groups is 2. The van der Waals surface area contributed by atoms with Crippen LogP contribution in [0.4, 0.5) is 5.69 Å². The summed E-state index contributed by atoms with van der Waals surface area (Å²) in [4.78, 5) is 4.82. The summed E-state index contributed by atoms with van der Waals surface area (Å²) in [6.45, 7) is 3.39. The highest BCUT2D eigenvalue weighted by atomic mass is 32.2. The lowest BCUT2D eigenvalue weighted by Gasteiger charge is -2.29. The first kappa shape index (κ1) is 20.4. The molecule has 0 spiro atoms. The van der Waals surface area contributed by atoms with Crippen LogP contribution in [0.3, 0.4) is 0 Å². The molecule has 2 aliphatic heterocycles. The largest absolute Gasteiger partial charge is 0.343 e. The van der Waals surface area contributed by atoms with Crippen LogP contribution < -0.4 is 21.7 Å². The fourth-order valence-corrected chi connectivity index (χ4v) is 5.48. The number of aliphatic imine (C=N–C) groups is 1. The summed E-state index contributed by atoms with van der Waals surface area (Å²) < 4.78 is 23.5. The van der Waals surface area contributed by atoms with Crippen LogP contribution in [0.1, 0.15) is 22.8 Å². The van der Waals surface area contributed by atoms with E-state index < -0.39 is 15.3 Å². The van der Waals surface area contributed by atoms with Gasteiger partial charge in [0.2, 0.25) is 10.0 Å². The molecular weight excluding hydrogens is 422 g/mol. The van der Waals surface area contributed by atoms with E-state index >= 15 is 0 Å². The van der Waals surface area contributed by atoms with Gasteiger partial charge in [0.15, 0.2) is 5.84 Å². The van der Waals surface area contributed by atoms with Crippen LogP contribution >= 0.6 is 11.8 Å². The van der Waals surface area contributed by atoms with E-state index in [4.69, 9.17) is 16.0 Å². The van der Waals surface area contributed by atoms with E-state index in [1.54, 1.807) is 23.9 Å². The van der Waals surface area contributed by atoms with Crippen molar-refractivity contribution in [3.8, 4) is 0 Å². The van der Waals surface area contributed by atoms with E-state index in [1.165, 1.54) is 0 Å². The average Bonchev–Trinajstić information content (AvgIpc) is 3.22. The molecule has 11 heteroatoms. The molecule has 0 saturated heterocycles. The number of nitrogens with one attached hydrogen (secondary N) is 2. The second kappa shape index (κ2) is 8.09. The van der Waals surface area contributed by atoms with Gasteiger partial charge in [0.05, 0.1) is 16.9 Å². The SMILES string of the molecule is C=NNC(=NN)c1ccc2c(c1)N=C(NC1=CC(S(N)(=O)=O)CC=C1)C1C=CSC21. The van der Waals surface area contributed by atoms with Crippen LogP contribution in [0.5, 0.6) is 0 Å². The minimum atomic E-state index is -3.66. The lowest BCUT2D eigenvalue weighted by molar-refractivity contribution is 0.589. The zero-order chi connectivity index (χ0) is 21.3. The molecule has 0 saturated carbocycles. The van der Waals surface area contributed by atoms with Crippen molar-refractivity contribution in [2.75, 3.05) is 0 Å². The summed E-state index contributed by atoms with van der Waals surface area (Å²) in [7, 11) is -3.66. The molecule has 3 atom stereocenters. The van der Waals surface area contributed by atoms with Gasteiger partial charge in [0, 0.05) is 23.2 Å². The van der Waals surface area contributed by atoms with Crippen molar-refractivity contribution in [1.29, 1.82) is 0 Å². The molecule has 156 valence electrons. The Morgan fingerprint density at radius 3 is 2.93 bits per heavy atom. The molecule has 9 nitrogen and oxygen atoms in total. The molecule has 30 heavy (non-hydrogen) atoms. The fraction of sp³-hybridized carbons (Fsp3) is 0.211. The Morgan fingerprint density at radius 1 is 1.37 bits per heavy atom. The molecule has 0 radical (unpaired) electrons. The van der Waals surface area contributed by atoms with Crippen molar-refractivity contribution in [3.63, 3.8) is 0 Å². The Hall–Kier alpha value is -2.89. The lowest BCUT2D eigenvalue weighted by Crippen LogP contribution is -2.35. The van der Waals surface area contributed by atoms with Gasteiger partial charge in [-0.1, -0.05) is 24.3 Å². The Balaban J connectivity index is 1.70. The molecule has 6 N–H and O–H groups in total. The maximum Gasteiger partial charge on any atom is 0.215 e. The number of fused-ring (bicyclic) bond motifs is 3. The lowest BCUT2D eigenvalue weighted by atomic mass is 9.92. The highest BCUT2D eigenvalue weighted by Crippen LogP contribution is 2.49. The number of hydrogen-bond donors (Lipinski definition) is 4. The molecule has 1 aromatic carbocycles. The fourth-order valence-electron chi connectivity index (χ4n) is 3.60. The molecule has 1 aliphatic carbocycles. The first-order chi connectivity index (χ1) is 14.4. The number of nitrogens with two attached hydrogens (primary N) is 2. The van der Waals surface area contributed by atoms with Crippen molar-refractivity contribution in [2.24, 2.45) is 32.1 Å². The van der Waals surface area contributed by atoms with Crippen LogP contribution in [0.25, 0.3) is 0 Å². The number of allylic oxidation sites excluding steroid dienone is 2. The Morgan fingerprint density at radius 2 is 2.20 bits per heavy atom. The smallest absolute Gasteiger partial charge is 0.215 e. The average molecular weight is 444 g/mol. The zero-order valence-electron chi connectivity index (χ0n) is 15.9. The van der Waals surface area contributed by atoms with Gasteiger partial charge in [-0.25, -0.2) is 18.5 Å². The van der Waals surface area contributed by atoms with Crippen molar-refractivity contribution < 1.29 is 8.42 Å².